The Morgan fingerprint density at radius 2 is 1.82 bits per heavy atom. The van der Waals surface area contributed by atoms with E-state index in [4.69, 9.17) is 22.2 Å². The van der Waals surface area contributed by atoms with E-state index >= 15 is 0 Å². The molecular weight excluding hydrogens is 186 g/mol. The number of hydrogen-bond acceptors (Lipinski definition) is 2. The second-order valence-electron chi connectivity index (χ2n) is 1.69. The highest BCUT2D eigenvalue weighted by molar-refractivity contribution is 7.89. The first-order valence-electron chi connectivity index (χ1n) is 4.46. The number of rotatable bonds is 1. The lowest BCUT2D eigenvalue weighted by molar-refractivity contribution is 0.598. The quantitative estimate of drug-likeness (QED) is 0.727. The van der Waals surface area contributed by atoms with E-state index < -0.39 is 44.1 Å². The van der Waals surface area contributed by atoms with E-state index in [1.54, 1.807) is 0 Å². The molecule has 1 aromatic carbocycles. The van der Waals surface area contributed by atoms with Crippen molar-refractivity contribution in [2.45, 2.75) is 4.90 Å². The fourth-order valence-corrected chi connectivity index (χ4v) is 0.909. The molecule has 0 radical (unpaired) electrons. The molecule has 0 aromatic heterocycles. The Kier molecular flexibility index (Phi) is 1.14. The van der Waals surface area contributed by atoms with Crippen LogP contribution in [-0.2, 0) is 10.0 Å². The predicted molar refractivity (Wildman–Crippen MR) is 42.8 cm³/mol. The first-order chi connectivity index (χ1) is 6.68. The minimum atomic E-state index is -4.30. The maximum absolute atomic E-state index is 11.0. The van der Waals surface area contributed by atoms with Gasteiger partial charge in [0.15, 0.2) is 0 Å². The lowest BCUT2D eigenvalue weighted by Gasteiger charge is -1.95. The minimum Gasteiger partial charge on any atom is -0.225 e. The van der Waals surface area contributed by atoms with Crippen molar-refractivity contribution in [3.63, 3.8) is 0 Å². The zero-order valence-corrected chi connectivity index (χ0v) is 6.75. The standard InChI is InChI=1S/C6H6ClNO2S/c7-5-1-3-6(4-2-5)11(8,9)10/h1-4H,(H2,8,9,10)/i1D,2D,3D,4D. The molecule has 2 N–H and O–H groups in total. The van der Waals surface area contributed by atoms with Gasteiger partial charge in [0, 0.05) is 5.02 Å². The minimum absolute atomic E-state index is 0.433. The number of sulfonamides is 1. The Morgan fingerprint density at radius 1 is 1.36 bits per heavy atom. The largest absolute Gasteiger partial charge is 0.238 e. The molecule has 60 valence electrons. The molecule has 11 heavy (non-hydrogen) atoms. The molecule has 0 heterocycles. The van der Waals surface area contributed by atoms with Crippen LogP contribution in [0.4, 0.5) is 0 Å². The Hall–Kier alpha value is -0.580. The normalized spacial score (nSPS) is 16.5. The van der Waals surface area contributed by atoms with Gasteiger partial charge in [-0.3, -0.25) is 0 Å². The van der Waals surface area contributed by atoms with Gasteiger partial charge in [-0.25, -0.2) is 13.6 Å². The topological polar surface area (TPSA) is 60.2 Å². The Morgan fingerprint density at radius 3 is 2.18 bits per heavy atom. The van der Waals surface area contributed by atoms with E-state index in [1.165, 1.54) is 0 Å². The number of hydrogen-bond donors (Lipinski definition) is 1. The van der Waals surface area contributed by atoms with Crippen molar-refractivity contribution in [2.75, 3.05) is 0 Å². The molecule has 0 unspecified atom stereocenters. The van der Waals surface area contributed by atoms with Crippen LogP contribution in [-0.4, -0.2) is 8.42 Å². The summed E-state index contributed by atoms with van der Waals surface area (Å²) in [6, 6.07) is -2.77. The Bertz CT molecular complexity index is 501. The summed E-state index contributed by atoms with van der Waals surface area (Å²) in [5.74, 6) is 0. The van der Waals surface area contributed by atoms with Crippen LogP contribution in [0.15, 0.2) is 29.1 Å². The van der Waals surface area contributed by atoms with E-state index in [1.807, 2.05) is 0 Å². The summed E-state index contributed by atoms with van der Waals surface area (Å²) < 4.78 is 51.1. The number of nitrogens with two attached hydrogens (primary N) is 1. The molecule has 0 atom stereocenters. The molecule has 0 aliphatic rings. The van der Waals surface area contributed by atoms with Crippen LogP contribution in [0.25, 0.3) is 0 Å². The molecule has 1 aromatic rings. The van der Waals surface area contributed by atoms with Gasteiger partial charge in [-0.05, 0) is 24.2 Å². The number of primary sulfonamides is 1. The van der Waals surface area contributed by atoms with Crippen LogP contribution >= 0.6 is 11.6 Å². The molecule has 0 aliphatic carbocycles. The van der Waals surface area contributed by atoms with Gasteiger partial charge >= 0.3 is 0 Å². The molecule has 0 saturated carbocycles. The van der Waals surface area contributed by atoms with Crippen molar-refractivity contribution in [2.24, 2.45) is 5.14 Å². The molecule has 0 spiro atoms. The predicted octanol–water partition coefficient (Wildman–Crippen LogP) is 0.987. The summed E-state index contributed by atoms with van der Waals surface area (Å²) in [7, 11) is -4.30. The van der Waals surface area contributed by atoms with Gasteiger partial charge < -0.3 is 0 Å². The van der Waals surface area contributed by atoms with Crippen LogP contribution < -0.4 is 5.14 Å². The highest BCUT2D eigenvalue weighted by Crippen LogP contribution is 2.11. The van der Waals surface area contributed by atoms with Gasteiger partial charge in [0.25, 0.3) is 0 Å². The average Bonchev–Trinajstić information content (AvgIpc) is 2.09. The molecule has 0 amide bonds. The zero-order chi connectivity index (χ0) is 12.0. The third kappa shape index (κ3) is 2.18. The maximum atomic E-state index is 11.0. The van der Waals surface area contributed by atoms with Gasteiger partial charge in [-0.1, -0.05) is 11.6 Å². The van der Waals surface area contributed by atoms with Crippen LogP contribution in [0.3, 0.4) is 0 Å². The smallest absolute Gasteiger partial charge is 0.225 e. The summed E-state index contributed by atoms with van der Waals surface area (Å²) in [6.45, 7) is 0. The first kappa shape index (κ1) is 4.45. The van der Waals surface area contributed by atoms with Crippen LogP contribution in [0.2, 0.25) is 5.02 Å². The molecular formula is C6H6ClNO2S. The average molecular weight is 196 g/mol. The van der Waals surface area contributed by atoms with E-state index in [0.29, 0.717) is 0 Å². The molecule has 1 rings (SSSR count). The summed E-state index contributed by atoms with van der Waals surface area (Å²) in [5.41, 5.74) is 0. The van der Waals surface area contributed by atoms with Gasteiger partial charge in [-0.2, -0.15) is 0 Å². The van der Waals surface area contributed by atoms with Crippen LogP contribution in [0.1, 0.15) is 5.48 Å². The lowest BCUT2D eigenvalue weighted by atomic mass is 10.4. The zero-order valence-electron chi connectivity index (χ0n) is 9.18. The van der Waals surface area contributed by atoms with Crippen LogP contribution in [0.5, 0.6) is 0 Å². The molecule has 0 fully saturated rings. The molecule has 3 nitrogen and oxygen atoms in total. The highest BCUT2D eigenvalue weighted by atomic mass is 35.5. The van der Waals surface area contributed by atoms with E-state index in [2.05, 4.69) is 0 Å². The Balaban J connectivity index is 3.84. The maximum Gasteiger partial charge on any atom is 0.238 e. The van der Waals surface area contributed by atoms with Gasteiger partial charge in [0.2, 0.25) is 10.0 Å². The summed E-state index contributed by atoms with van der Waals surface area (Å²) in [6.07, 6.45) is 0. The van der Waals surface area contributed by atoms with E-state index in [0.717, 1.165) is 0 Å². The number of halogens is 1. The third-order valence-electron chi connectivity index (χ3n) is 0.856. The summed E-state index contributed by atoms with van der Waals surface area (Å²) in [5, 5.41) is 4.34. The monoisotopic (exact) mass is 195 g/mol. The van der Waals surface area contributed by atoms with Gasteiger partial charge in [-0.15, -0.1) is 0 Å². The fourth-order valence-electron chi connectivity index (χ4n) is 0.428. The van der Waals surface area contributed by atoms with Gasteiger partial charge in [0.05, 0.1) is 10.4 Å². The summed E-state index contributed by atoms with van der Waals surface area (Å²) >= 11 is 5.46. The molecule has 0 saturated heterocycles. The second-order valence-corrected chi connectivity index (χ2v) is 3.56. The van der Waals surface area contributed by atoms with Crippen molar-refractivity contribution < 1.29 is 13.9 Å². The molecule has 0 bridgehead atoms. The van der Waals surface area contributed by atoms with Crippen molar-refractivity contribution in [1.82, 2.24) is 0 Å². The molecule has 0 aliphatic heterocycles. The highest BCUT2D eigenvalue weighted by Gasteiger charge is 2.05. The van der Waals surface area contributed by atoms with Crippen molar-refractivity contribution >= 4 is 21.6 Å². The molecule has 5 heteroatoms. The van der Waals surface area contributed by atoms with E-state index in [-0.39, 0.29) is 0 Å². The van der Waals surface area contributed by atoms with Crippen molar-refractivity contribution in [3.8, 4) is 0 Å². The summed E-state index contributed by atoms with van der Waals surface area (Å²) in [4.78, 5) is -0.845. The van der Waals surface area contributed by atoms with Crippen molar-refractivity contribution in [1.29, 1.82) is 0 Å². The SMILES string of the molecule is [2H]c1c([2H])c(S(N)(=O)=O)c([2H])c([2H])c1Cl. The number of benzene rings is 1. The van der Waals surface area contributed by atoms with E-state index in [9.17, 15) is 8.42 Å². The lowest BCUT2D eigenvalue weighted by Crippen LogP contribution is -2.11. The second kappa shape index (κ2) is 2.81. The Labute approximate surface area is 75.5 Å². The van der Waals surface area contributed by atoms with Crippen molar-refractivity contribution in [3.05, 3.63) is 29.2 Å². The third-order valence-corrected chi connectivity index (χ3v) is 1.82. The fraction of sp³-hybridized carbons (Fsp3) is 0. The van der Waals surface area contributed by atoms with Gasteiger partial charge in [0.1, 0.15) is 0 Å². The first-order valence-corrected chi connectivity index (χ1v) is 4.39. The van der Waals surface area contributed by atoms with Crippen LogP contribution in [0, 0.1) is 0 Å².